The predicted octanol–water partition coefficient (Wildman–Crippen LogP) is 14.8. The third-order valence-corrected chi connectivity index (χ3v) is 10.3. The maximum atomic E-state index is 5.54. The van der Waals surface area contributed by atoms with Crippen molar-refractivity contribution in [3.05, 3.63) is 227 Å². The van der Waals surface area contributed by atoms with Crippen molar-refractivity contribution < 1.29 is 0 Å². The number of fused-ring (bicyclic) bond motifs is 8. The van der Waals surface area contributed by atoms with Gasteiger partial charge >= 0.3 is 0 Å². The van der Waals surface area contributed by atoms with Crippen LogP contribution in [0.15, 0.2) is 194 Å². The Bertz CT molecular complexity index is 2390. The molecule has 0 aromatic heterocycles. The van der Waals surface area contributed by atoms with Crippen LogP contribution in [0.5, 0.6) is 0 Å². The zero-order valence-electron chi connectivity index (χ0n) is 36.1. The first kappa shape index (κ1) is 44.5. The Hall–Kier alpha value is -6.22. The first-order valence-corrected chi connectivity index (χ1v) is 20.7. The minimum absolute atomic E-state index is 0.326. The van der Waals surface area contributed by atoms with E-state index in [2.05, 4.69) is 172 Å². The fourth-order valence-corrected chi connectivity index (χ4v) is 7.96. The monoisotopic (exact) mass is 762 g/mol. The third-order valence-electron chi connectivity index (χ3n) is 10.3. The molecule has 0 amide bonds. The molecule has 0 saturated carbocycles. The van der Waals surface area contributed by atoms with Gasteiger partial charge in [-0.1, -0.05) is 191 Å². The standard InChI is InChI=1S/C44H37N.C7H8.2C2H6.CH5N/c1-4-6-14-31(15-11-12-26-45)32-20-22-33(23-21-32)34-24-25-35-28-39-30(3)40(13-5-2)44(43(39)29-36(35)27-34)41-18-9-7-16-37(41)38-17-8-10-19-42(38)44;1-7-5-3-2-4-6-7;3*1-2/h4-29H,45H2,1-3H3;2-6H,1H3;2*1-2H3;2H2,1H3/b6-4+,13-5-,15-11-,26-12+,31-14+;;;;. The molecule has 2 heteroatoms. The van der Waals surface area contributed by atoms with Crippen LogP contribution in [0, 0.1) is 6.92 Å². The van der Waals surface area contributed by atoms with E-state index in [1.54, 1.807) is 6.20 Å². The molecule has 8 rings (SSSR count). The quantitative estimate of drug-likeness (QED) is 0.166. The highest BCUT2D eigenvalue weighted by molar-refractivity contribution is 6.00. The Balaban J connectivity index is 0.000000502. The van der Waals surface area contributed by atoms with Crippen molar-refractivity contribution in [3.8, 4) is 22.3 Å². The van der Waals surface area contributed by atoms with Gasteiger partial charge in [0.05, 0.1) is 5.41 Å². The second-order valence-electron chi connectivity index (χ2n) is 13.5. The average molecular weight is 763 g/mol. The van der Waals surface area contributed by atoms with E-state index < -0.39 is 0 Å². The molecule has 1 spiro atoms. The molecule has 58 heavy (non-hydrogen) atoms. The minimum Gasteiger partial charge on any atom is -0.405 e. The van der Waals surface area contributed by atoms with Crippen LogP contribution in [0.25, 0.3) is 44.2 Å². The number of aryl methyl sites for hydroxylation is 1. The number of benzene rings is 6. The molecule has 4 N–H and O–H groups in total. The SMILES string of the molecule is C/C=C\C1=C(C)c2cc3ccc(-c4ccc(C(/C=C\C=C\N)=C/C=C/C)cc4)cc3cc2C12c1ccccc1-c1ccccc12.CC.CC.CN.Cc1ccccc1. The van der Waals surface area contributed by atoms with Gasteiger partial charge in [0.2, 0.25) is 0 Å². The lowest BCUT2D eigenvalue weighted by Crippen LogP contribution is -2.26. The molecule has 0 aliphatic heterocycles. The lowest BCUT2D eigenvalue weighted by Gasteiger charge is -2.31. The number of hydrogen-bond donors (Lipinski definition) is 2. The van der Waals surface area contributed by atoms with Crippen LogP contribution in [0.3, 0.4) is 0 Å². The molecule has 0 unspecified atom stereocenters. The van der Waals surface area contributed by atoms with Crippen molar-refractivity contribution >= 4 is 21.9 Å². The fraction of sp³-hybridized carbons (Fsp3) is 0.179. The Morgan fingerprint density at radius 3 is 1.67 bits per heavy atom. The van der Waals surface area contributed by atoms with Gasteiger partial charge < -0.3 is 11.5 Å². The van der Waals surface area contributed by atoms with E-state index in [1.165, 1.54) is 79.0 Å². The highest BCUT2D eigenvalue weighted by atomic mass is 14.5. The van der Waals surface area contributed by atoms with Crippen LogP contribution in [-0.2, 0) is 5.41 Å². The zero-order valence-corrected chi connectivity index (χ0v) is 36.1. The van der Waals surface area contributed by atoms with Crippen molar-refractivity contribution in [2.45, 2.75) is 60.8 Å². The molecule has 0 heterocycles. The Labute approximate surface area is 349 Å². The second-order valence-corrected chi connectivity index (χ2v) is 13.5. The minimum atomic E-state index is -0.326. The van der Waals surface area contributed by atoms with E-state index in [0.717, 1.165) is 11.1 Å². The largest absolute Gasteiger partial charge is 0.405 e. The molecule has 6 aromatic carbocycles. The molecule has 296 valence electrons. The molecule has 2 nitrogen and oxygen atoms in total. The van der Waals surface area contributed by atoms with Gasteiger partial charge in [-0.15, -0.1) is 0 Å². The molecule has 2 aliphatic carbocycles. The molecule has 0 radical (unpaired) electrons. The summed E-state index contributed by atoms with van der Waals surface area (Å²) < 4.78 is 0. The van der Waals surface area contributed by atoms with E-state index in [-0.39, 0.29) is 5.41 Å². The van der Waals surface area contributed by atoms with E-state index in [1.807, 2.05) is 71.0 Å². The average Bonchev–Trinajstić information content (AvgIpc) is 3.71. The smallest absolute Gasteiger partial charge is 0.0722 e. The Kier molecular flexibility index (Phi) is 16.8. The maximum Gasteiger partial charge on any atom is 0.0722 e. The summed E-state index contributed by atoms with van der Waals surface area (Å²) in [4.78, 5) is 0. The summed E-state index contributed by atoms with van der Waals surface area (Å²) in [5, 5.41) is 2.52. The van der Waals surface area contributed by atoms with Gasteiger partial charge in [0.1, 0.15) is 0 Å². The summed E-state index contributed by atoms with van der Waals surface area (Å²) >= 11 is 0. The highest BCUT2D eigenvalue weighted by Crippen LogP contribution is 2.62. The Morgan fingerprint density at radius 2 is 1.12 bits per heavy atom. The number of allylic oxidation sites excluding steroid dienone is 11. The number of rotatable bonds is 6. The normalized spacial score (nSPS) is 13.3. The summed E-state index contributed by atoms with van der Waals surface area (Å²) in [7, 11) is 1.50. The van der Waals surface area contributed by atoms with Crippen LogP contribution in [0.2, 0.25) is 0 Å². The number of nitrogens with two attached hydrogens (primary N) is 2. The van der Waals surface area contributed by atoms with Crippen molar-refractivity contribution in [2.24, 2.45) is 11.5 Å². The summed E-state index contributed by atoms with van der Waals surface area (Å²) in [6.45, 7) is 16.5. The third kappa shape index (κ3) is 8.99. The van der Waals surface area contributed by atoms with Crippen molar-refractivity contribution in [2.75, 3.05) is 7.05 Å². The van der Waals surface area contributed by atoms with Gasteiger partial charge in [-0.05, 0) is 143 Å². The molecule has 0 saturated heterocycles. The van der Waals surface area contributed by atoms with Gasteiger partial charge in [0.15, 0.2) is 0 Å². The van der Waals surface area contributed by atoms with Crippen LogP contribution < -0.4 is 11.5 Å². The molecule has 0 atom stereocenters. The van der Waals surface area contributed by atoms with Gasteiger partial charge in [-0.3, -0.25) is 0 Å². The van der Waals surface area contributed by atoms with Crippen LogP contribution >= 0.6 is 0 Å². The first-order valence-electron chi connectivity index (χ1n) is 20.7. The predicted molar refractivity (Wildman–Crippen MR) is 258 cm³/mol. The van der Waals surface area contributed by atoms with Crippen molar-refractivity contribution in [1.29, 1.82) is 0 Å². The summed E-state index contributed by atoms with van der Waals surface area (Å²) in [6, 6.07) is 48.9. The van der Waals surface area contributed by atoms with Gasteiger partial charge in [-0.25, -0.2) is 0 Å². The van der Waals surface area contributed by atoms with Gasteiger partial charge in [0.25, 0.3) is 0 Å². The molecular weight excluding hydrogens is 701 g/mol. The van der Waals surface area contributed by atoms with Crippen LogP contribution in [0.4, 0.5) is 0 Å². The molecular formula is C56H62N2. The van der Waals surface area contributed by atoms with E-state index in [0.29, 0.717) is 0 Å². The second kappa shape index (κ2) is 21.9. The first-order chi connectivity index (χ1) is 28.5. The van der Waals surface area contributed by atoms with Crippen molar-refractivity contribution in [1.82, 2.24) is 0 Å². The van der Waals surface area contributed by atoms with E-state index in [9.17, 15) is 0 Å². The van der Waals surface area contributed by atoms with E-state index >= 15 is 0 Å². The summed E-state index contributed by atoms with van der Waals surface area (Å²) in [6.07, 6.45) is 18.2. The summed E-state index contributed by atoms with van der Waals surface area (Å²) in [5.41, 5.74) is 26.6. The zero-order chi connectivity index (χ0) is 42.1. The fourth-order valence-electron chi connectivity index (χ4n) is 7.96. The maximum absolute atomic E-state index is 5.54. The number of hydrogen-bond acceptors (Lipinski definition) is 2. The van der Waals surface area contributed by atoms with Crippen LogP contribution in [-0.4, -0.2) is 7.05 Å². The lowest BCUT2D eigenvalue weighted by atomic mass is 9.69. The molecule has 0 bridgehead atoms. The van der Waals surface area contributed by atoms with Gasteiger partial charge in [0, 0.05) is 0 Å². The van der Waals surface area contributed by atoms with E-state index in [4.69, 9.17) is 5.73 Å². The molecule has 6 aromatic rings. The van der Waals surface area contributed by atoms with Crippen LogP contribution in [0.1, 0.15) is 81.8 Å². The molecule has 2 aliphatic rings. The molecule has 0 fully saturated rings. The summed E-state index contributed by atoms with van der Waals surface area (Å²) in [5.74, 6) is 0. The highest BCUT2D eigenvalue weighted by Gasteiger charge is 2.51. The topological polar surface area (TPSA) is 52.0 Å². The van der Waals surface area contributed by atoms with Gasteiger partial charge in [-0.2, -0.15) is 0 Å². The Morgan fingerprint density at radius 1 is 0.534 bits per heavy atom. The van der Waals surface area contributed by atoms with Crippen molar-refractivity contribution in [3.63, 3.8) is 0 Å². The lowest BCUT2D eigenvalue weighted by molar-refractivity contribution is 0.787.